The molecule has 0 atom stereocenters. The molecule has 0 spiro atoms. The van der Waals surface area contributed by atoms with Gasteiger partial charge in [0.05, 0.1) is 16.5 Å². The molecule has 0 N–H and O–H groups in total. The minimum Gasteiger partial charge on any atom is -0.434 e. The Hall–Kier alpha value is -2.71. The monoisotopic (exact) mass is 256 g/mol. The molecule has 9 heteroatoms. The van der Waals surface area contributed by atoms with E-state index in [4.69, 9.17) is 0 Å². The van der Waals surface area contributed by atoms with Crippen LogP contribution in [-0.4, -0.2) is 22.6 Å². The number of carbonyl (C=O) groups is 1. The summed E-state index contributed by atoms with van der Waals surface area (Å²) in [6.45, 7) is 1.53. The molecule has 0 aliphatic heterocycles. The molecule has 0 fully saturated rings. The molecular weight excluding hydrogens is 248 g/mol. The van der Waals surface area contributed by atoms with Crippen molar-refractivity contribution in [2.75, 3.05) is 6.61 Å². The van der Waals surface area contributed by atoms with Gasteiger partial charge in [-0.3, -0.25) is 20.2 Å². The summed E-state index contributed by atoms with van der Waals surface area (Å²) in [6.07, 6.45) is -1.17. The van der Waals surface area contributed by atoms with Crippen molar-refractivity contribution in [3.05, 3.63) is 38.4 Å². The lowest BCUT2D eigenvalue weighted by atomic mass is 10.2. The van der Waals surface area contributed by atoms with E-state index in [9.17, 15) is 25.0 Å². The Balaban J connectivity index is 3.19. The van der Waals surface area contributed by atoms with E-state index in [2.05, 4.69) is 9.47 Å². The standard InChI is InChI=1S/C9H8N2O7/c1-2-17-9(12)18-7-5-3-4-6(10(13)14)8(7)11(15)16/h3-5H,2H2,1H3. The molecule has 0 aromatic heterocycles. The molecule has 0 heterocycles. The van der Waals surface area contributed by atoms with Crippen molar-refractivity contribution in [2.24, 2.45) is 0 Å². The first-order chi connectivity index (χ1) is 8.47. The van der Waals surface area contributed by atoms with Crippen molar-refractivity contribution < 1.29 is 24.1 Å². The topological polar surface area (TPSA) is 122 Å². The van der Waals surface area contributed by atoms with Crippen molar-refractivity contribution in [1.29, 1.82) is 0 Å². The van der Waals surface area contributed by atoms with Crippen LogP contribution < -0.4 is 4.74 Å². The quantitative estimate of drug-likeness (QED) is 0.349. The van der Waals surface area contributed by atoms with Gasteiger partial charge in [-0.2, -0.15) is 0 Å². The third-order valence-corrected chi connectivity index (χ3v) is 1.81. The number of para-hydroxylation sites is 1. The van der Waals surface area contributed by atoms with Gasteiger partial charge in [-0.25, -0.2) is 4.79 Å². The van der Waals surface area contributed by atoms with Crippen LogP contribution in [-0.2, 0) is 4.74 Å². The predicted octanol–water partition coefficient (Wildman–Crippen LogP) is 2.04. The van der Waals surface area contributed by atoms with Crippen molar-refractivity contribution >= 4 is 17.5 Å². The lowest BCUT2D eigenvalue weighted by Crippen LogP contribution is -2.11. The second-order valence-electron chi connectivity index (χ2n) is 2.92. The Morgan fingerprint density at radius 3 is 2.44 bits per heavy atom. The van der Waals surface area contributed by atoms with Gasteiger partial charge in [0.1, 0.15) is 0 Å². The van der Waals surface area contributed by atoms with E-state index in [1.807, 2.05) is 0 Å². The van der Waals surface area contributed by atoms with Crippen molar-refractivity contribution in [3.8, 4) is 5.75 Å². The van der Waals surface area contributed by atoms with Gasteiger partial charge in [0.25, 0.3) is 0 Å². The maximum absolute atomic E-state index is 11.0. The average Bonchev–Trinajstić information content (AvgIpc) is 2.28. The van der Waals surface area contributed by atoms with E-state index in [1.165, 1.54) is 13.0 Å². The molecule has 0 aliphatic carbocycles. The second-order valence-corrected chi connectivity index (χ2v) is 2.92. The third kappa shape index (κ3) is 2.90. The van der Waals surface area contributed by atoms with Crippen LogP contribution in [0.1, 0.15) is 6.92 Å². The highest BCUT2D eigenvalue weighted by atomic mass is 16.7. The predicted molar refractivity (Wildman–Crippen MR) is 57.4 cm³/mol. The minimum absolute atomic E-state index is 0.0154. The number of nitrogens with zero attached hydrogens (tertiary/aromatic N) is 2. The fourth-order valence-corrected chi connectivity index (χ4v) is 1.16. The highest BCUT2D eigenvalue weighted by Crippen LogP contribution is 2.36. The van der Waals surface area contributed by atoms with E-state index in [1.54, 1.807) is 0 Å². The van der Waals surface area contributed by atoms with Gasteiger partial charge in [-0.05, 0) is 13.0 Å². The molecule has 1 aromatic carbocycles. The lowest BCUT2D eigenvalue weighted by Gasteiger charge is -2.04. The van der Waals surface area contributed by atoms with Gasteiger partial charge in [0.15, 0.2) is 0 Å². The van der Waals surface area contributed by atoms with E-state index in [0.717, 1.165) is 12.1 Å². The largest absolute Gasteiger partial charge is 0.514 e. The Bertz CT molecular complexity index is 500. The number of nitro benzene ring substituents is 2. The van der Waals surface area contributed by atoms with Gasteiger partial charge < -0.3 is 9.47 Å². The highest BCUT2D eigenvalue weighted by molar-refractivity contribution is 5.70. The van der Waals surface area contributed by atoms with Gasteiger partial charge in [0.2, 0.25) is 5.75 Å². The van der Waals surface area contributed by atoms with Crippen molar-refractivity contribution in [2.45, 2.75) is 6.92 Å². The zero-order valence-electron chi connectivity index (χ0n) is 9.19. The Morgan fingerprint density at radius 1 is 1.28 bits per heavy atom. The Labute approximate surface area is 100 Å². The summed E-state index contributed by atoms with van der Waals surface area (Å²) in [5, 5.41) is 21.4. The highest BCUT2D eigenvalue weighted by Gasteiger charge is 2.30. The van der Waals surface area contributed by atoms with Gasteiger partial charge in [-0.1, -0.05) is 6.07 Å². The summed E-state index contributed by atoms with van der Waals surface area (Å²) in [7, 11) is 0. The maximum Gasteiger partial charge on any atom is 0.514 e. The Morgan fingerprint density at radius 2 is 1.94 bits per heavy atom. The van der Waals surface area contributed by atoms with Crippen LogP contribution in [0.5, 0.6) is 5.75 Å². The maximum atomic E-state index is 11.0. The number of benzene rings is 1. The first-order valence-electron chi connectivity index (χ1n) is 4.73. The second kappa shape index (κ2) is 5.57. The summed E-state index contributed by atoms with van der Waals surface area (Å²) < 4.78 is 8.96. The molecule has 1 aromatic rings. The first-order valence-corrected chi connectivity index (χ1v) is 4.73. The number of rotatable bonds is 4. The number of nitro groups is 2. The normalized spacial score (nSPS) is 9.61. The number of hydrogen-bond acceptors (Lipinski definition) is 7. The van der Waals surface area contributed by atoms with Crippen LogP contribution in [0.15, 0.2) is 18.2 Å². The fraction of sp³-hybridized carbons (Fsp3) is 0.222. The molecule has 96 valence electrons. The molecule has 0 aliphatic rings. The third-order valence-electron chi connectivity index (χ3n) is 1.81. The van der Waals surface area contributed by atoms with E-state index < -0.39 is 33.1 Å². The van der Waals surface area contributed by atoms with Gasteiger partial charge in [0, 0.05) is 6.07 Å². The first kappa shape index (κ1) is 13.4. The molecule has 0 bridgehead atoms. The molecular formula is C9H8N2O7. The zero-order valence-corrected chi connectivity index (χ0v) is 9.19. The smallest absolute Gasteiger partial charge is 0.434 e. The van der Waals surface area contributed by atoms with Crippen LogP contribution >= 0.6 is 0 Å². The molecule has 1 rings (SSSR count). The van der Waals surface area contributed by atoms with Crippen molar-refractivity contribution in [1.82, 2.24) is 0 Å². The fourth-order valence-electron chi connectivity index (χ4n) is 1.16. The zero-order chi connectivity index (χ0) is 13.7. The minimum atomic E-state index is -1.17. The van der Waals surface area contributed by atoms with E-state index in [0.29, 0.717) is 0 Å². The van der Waals surface area contributed by atoms with Gasteiger partial charge in [-0.15, -0.1) is 0 Å². The number of ether oxygens (including phenoxy) is 2. The molecule has 0 saturated carbocycles. The van der Waals surface area contributed by atoms with Crippen LogP contribution in [0.2, 0.25) is 0 Å². The van der Waals surface area contributed by atoms with Gasteiger partial charge >= 0.3 is 17.5 Å². The number of hydrogen-bond donors (Lipinski definition) is 0. The lowest BCUT2D eigenvalue weighted by molar-refractivity contribution is -0.423. The molecule has 0 unspecified atom stereocenters. The summed E-state index contributed by atoms with van der Waals surface area (Å²) in [4.78, 5) is 30.5. The Kier molecular flexibility index (Phi) is 4.13. The molecule has 9 nitrogen and oxygen atoms in total. The molecule has 0 radical (unpaired) electrons. The van der Waals surface area contributed by atoms with E-state index in [-0.39, 0.29) is 6.61 Å². The van der Waals surface area contributed by atoms with Crippen molar-refractivity contribution in [3.63, 3.8) is 0 Å². The summed E-state index contributed by atoms with van der Waals surface area (Å²) in [5.74, 6) is -0.535. The number of carbonyl (C=O) groups excluding carboxylic acids is 1. The molecule has 18 heavy (non-hydrogen) atoms. The van der Waals surface area contributed by atoms with Crippen LogP contribution in [0.3, 0.4) is 0 Å². The van der Waals surface area contributed by atoms with Crippen LogP contribution in [0.4, 0.5) is 16.2 Å². The summed E-state index contributed by atoms with van der Waals surface area (Å²) >= 11 is 0. The average molecular weight is 256 g/mol. The van der Waals surface area contributed by atoms with Crippen LogP contribution in [0.25, 0.3) is 0 Å². The SMILES string of the molecule is CCOC(=O)Oc1cccc([N+](=O)[O-])c1[N+](=O)[O-]. The van der Waals surface area contributed by atoms with Crippen LogP contribution in [0, 0.1) is 20.2 Å². The van der Waals surface area contributed by atoms with E-state index >= 15 is 0 Å². The summed E-state index contributed by atoms with van der Waals surface area (Å²) in [6, 6.07) is 3.18. The summed E-state index contributed by atoms with van der Waals surface area (Å²) in [5.41, 5.74) is -1.66. The molecule has 0 amide bonds. The molecule has 0 saturated heterocycles.